The first-order chi connectivity index (χ1) is 11.2. The maximum Gasteiger partial charge on any atom is 0.417 e. The molecule has 0 saturated heterocycles. The molecule has 1 radical (unpaired) electrons. The monoisotopic (exact) mass is 366 g/mol. The van der Waals surface area contributed by atoms with E-state index in [2.05, 4.69) is 10.0 Å². The van der Waals surface area contributed by atoms with E-state index in [-0.39, 0.29) is 6.07 Å². The van der Waals surface area contributed by atoms with Crippen LogP contribution in [0.25, 0.3) is 10.4 Å². The summed E-state index contributed by atoms with van der Waals surface area (Å²) in [5.41, 5.74) is 6.59. The van der Waals surface area contributed by atoms with Crippen molar-refractivity contribution in [3.05, 3.63) is 46.4 Å². The Labute approximate surface area is 137 Å². The van der Waals surface area contributed by atoms with Gasteiger partial charge in [-0.1, -0.05) is 18.0 Å². The van der Waals surface area contributed by atoms with Crippen LogP contribution in [0.15, 0.2) is 28.2 Å². The lowest BCUT2D eigenvalue weighted by Gasteiger charge is -2.13. The zero-order valence-corrected chi connectivity index (χ0v) is 13.4. The molecule has 0 atom stereocenters. The predicted octanol–water partition coefficient (Wildman–Crippen LogP) is 4.69. The number of benzene rings is 1. The third kappa shape index (κ3) is 6.37. The SMILES string of the molecule is [N-]=[N+]=NCCCCC[CH]CS(=O)(=O)c1ccc(F)cc1C(F)(F)F. The van der Waals surface area contributed by atoms with Gasteiger partial charge in [0.1, 0.15) is 5.82 Å². The van der Waals surface area contributed by atoms with E-state index in [4.69, 9.17) is 5.53 Å². The average molecular weight is 366 g/mol. The summed E-state index contributed by atoms with van der Waals surface area (Å²) in [6.45, 7) is 0.347. The van der Waals surface area contributed by atoms with E-state index < -0.39 is 38.0 Å². The maximum absolute atomic E-state index is 13.0. The molecular weight excluding hydrogens is 350 g/mol. The first kappa shape index (κ1) is 20.2. The van der Waals surface area contributed by atoms with Gasteiger partial charge in [-0.05, 0) is 43.0 Å². The van der Waals surface area contributed by atoms with Crippen molar-refractivity contribution in [3.8, 4) is 0 Å². The Morgan fingerprint density at radius 2 is 1.92 bits per heavy atom. The summed E-state index contributed by atoms with van der Waals surface area (Å²) in [7, 11) is -4.20. The first-order valence-corrected chi connectivity index (χ1v) is 8.76. The van der Waals surface area contributed by atoms with E-state index in [9.17, 15) is 26.0 Å². The summed E-state index contributed by atoms with van der Waals surface area (Å²) in [5, 5.41) is 3.35. The van der Waals surface area contributed by atoms with Crippen LogP contribution in [0, 0.1) is 12.2 Å². The Bertz CT molecular complexity index is 698. The van der Waals surface area contributed by atoms with Crippen molar-refractivity contribution < 1.29 is 26.0 Å². The molecular formula is C14H16F4N3O2S. The minimum Gasteiger partial charge on any atom is -0.224 e. The molecule has 0 heterocycles. The highest BCUT2D eigenvalue weighted by Gasteiger charge is 2.37. The van der Waals surface area contributed by atoms with Gasteiger partial charge in [0.05, 0.1) is 16.2 Å². The van der Waals surface area contributed by atoms with E-state index in [1.807, 2.05) is 0 Å². The van der Waals surface area contributed by atoms with Crippen molar-refractivity contribution in [1.82, 2.24) is 0 Å². The molecule has 0 aromatic heterocycles. The van der Waals surface area contributed by atoms with E-state index >= 15 is 0 Å². The van der Waals surface area contributed by atoms with Gasteiger partial charge in [0.2, 0.25) is 0 Å². The summed E-state index contributed by atoms with van der Waals surface area (Å²) < 4.78 is 75.8. The second kappa shape index (κ2) is 8.89. The first-order valence-electron chi connectivity index (χ1n) is 7.10. The van der Waals surface area contributed by atoms with Crippen molar-refractivity contribution in [2.24, 2.45) is 5.11 Å². The minimum atomic E-state index is -4.95. The van der Waals surface area contributed by atoms with Crippen LogP contribution >= 0.6 is 0 Å². The zero-order valence-electron chi connectivity index (χ0n) is 12.6. The van der Waals surface area contributed by atoms with Gasteiger partial charge in [-0.3, -0.25) is 0 Å². The third-order valence-electron chi connectivity index (χ3n) is 3.15. The summed E-state index contributed by atoms with van der Waals surface area (Å²) >= 11 is 0. The lowest BCUT2D eigenvalue weighted by atomic mass is 10.1. The van der Waals surface area contributed by atoms with Crippen molar-refractivity contribution >= 4 is 9.84 Å². The Kier molecular flexibility index (Phi) is 7.50. The second-order valence-electron chi connectivity index (χ2n) is 5.01. The van der Waals surface area contributed by atoms with Gasteiger partial charge < -0.3 is 0 Å². The van der Waals surface area contributed by atoms with Crippen LogP contribution in [0.2, 0.25) is 0 Å². The van der Waals surface area contributed by atoms with Gasteiger partial charge in [-0.15, -0.1) is 0 Å². The highest BCUT2D eigenvalue weighted by atomic mass is 32.2. The second-order valence-corrected chi connectivity index (χ2v) is 7.01. The van der Waals surface area contributed by atoms with Crippen molar-refractivity contribution in [3.63, 3.8) is 0 Å². The van der Waals surface area contributed by atoms with Gasteiger partial charge in [0, 0.05) is 11.5 Å². The largest absolute Gasteiger partial charge is 0.417 e. The van der Waals surface area contributed by atoms with Gasteiger partial charge >= 0.3 is 6.18 Å². The van der Waals surface area contributed by atoms with Gasteiger partial charge in [0.15, 0.2) is 9.84 Å². The van der Waals surface area contributed by atoms with E-state index in [0.29, 0.717) is 44.4 Å². The van der Waals surface area contributed by atoms with Crippen LogP contribution < -0.4 is 0 Å². The molecule has 0 spiro atoms. The molecule has 0 unspecified atom stereocenters. The quantitative estimate of drug-likeness (QED) is 0.159. The fraction of sp³-hybridized carbons (Fsp3) is 0.500. The standard InChI is InChI=1S/C14H16F4N3O2S/c15-11-6-7-13(12(10-11)14(16,17)18)24(22,23)9-5-3-1-2-4-8-20-21-19/h5-7,10H,1-4,8-9H2. The summed E-state index contributed by atoms with van der Waals surface area (Å²) in [6.07, 6.45) is -1.18. The van der Waals surface area contributed by atoms with E-state index in [1.165, 1.54) is 6.42 Å². The van der Waals surface area contributed by atoms with Crippen LogP contribution in [0.1, 0.15) is 31.2 Å². The fourth-order valence-electron chi connectivity index (χ4n) is 2.02. The molecule has 1 aromatic rings. The molecule has 0 fully saturated rings. The number of unbranched alkanes of at least 4 members (excludes halogenated alkanes) is 4. The Hall–Kier alpha value is -1.80. The van der Waals surface area contributed by atoms with Crippen LogP contribution in [-0.4, -0.2) is 20.7 Å². The smallest absolute Gasteiger partial charge is 0.224 e. The summed E-state index contributed by atoms with van der Waals surface area (Å²) in [6, 6.07) is 1.52. The highest BCUT2D eigenvalue weighted by Crippen LogP contribution is 2.35. The molecule has 1 rings (SSSR count). The number of nitrogens with zero attached hydrogens (tertiary/aromatic N) is 3. The molecule has 0 saturated carbocycles. The minimum absolute atomic E-state index is 0.183. The van der Waals surface area contributed by atoms with Crippen LogP contribution in [0.3, 0.4) is 0 Å². The number of rotatable bonds is 9. The molecule has 0 N–H and O–H groups in total. The van der Waals surface area contributed by atoms with Crippen molar-refractivity contribution in [2.75, 3.05) is 12.3 Å². The lowest BCUT2D eigenvalue weighted by Crippen LogP contribution is -2.16. The van der Waals surface area contributed by atoms with E-state index in [0.717, 1.165) is 0 Å². The molecule has 10 heteroatoms. The molecule has 1 aromatic carbocycles. The predicted molar refractivity (Wildman–Crippen MR) is 80.2 cm³/mol. The lowest BCUT2D eigenvalue weighted by molar-refractivity contribution is -0.140. The molecule has 0 amide bonds. The van der Waals surface area contributed by atoms with Gasteiger partial charge in [0.25, 0.3) is 0 Å². The topological polar surface area (TPSA) is 82.9 Å². The Balaban J connectivity index is 2.65. The van der Waals surface area contributed by atoms with Crippen molar-refractivity contribution in [2.45, 2.75) is 36.8 Å². The number of hydrogen-bond acceptors (Lipinski definition) is 3. The third-order valence-corrected chi connectivity index (χ3v) is 4.85. The molecule has 5 nitrogen and oxygen atoms in total. The summed E-state index contributed by atoms with van der Waals surface area (Å²) in [5.74, 6) is -1.71. The number of azide groups is 1. The Morgan fingerprint density at radius 1 is 1.21 bits per heavy atom. The molecule has 24 heavy (non-hydrogen) atoms. The van der Waals surface area contributed by atoms with Crippen LogP contribution in [-0.2, 0) is 16.0 Å². The average Bonchev–Trinajstić information content (AvgIpc) is 2.48. The fourth-order valence-corrected chi connectivity index (χ4v) is 3.46. The molecule has 133 valence electrons. The van der Waals surface area contributed by atoms with Crippen molar-refractivity contribution in [1.29, 1.82) is 0 Å². The number of sulfone groups is 1. The van der Waals surface area contributed by atoms with Gasteiger partial charge in [-0.2, -0.15) is 13.2 Å². The molecule has 0 aliphatic rings. The van der Waals surface area contributed by atoms with Crippen LogP contribution in [0.5, 0.6) is 0 Å². The zero-order chi connectivity index (χ0) is 18.2. The maximum atomic E-state index is 13.0. The normalized spacial score (nSPS) is 12.0. The molecule has 0 bridgehead atoms. The van der Waals surface area contributed by atoms with E-state index in [1.54, 1.807) is 0 Å². The van der Waals surface area contributed by atoms with Gasteiger partial charge in [-0.25, -0.2) is 12.8 Å². The summed E-state index contributed by atoms with van der Waals surface area (Å²) in [4.78, 5) is 1.67. The number of halogens is 4. The molecule has 0 aliphatic heterocycles. The molecule has 0 aliphatic carbocycles. The Morgan fingerprint density at radius 3 is 2.54 bits per heavy atom. The number of alkyl halides is 3. The van der Waals surface area contributed by atoms with Crippen LogP contribution in [0.4, 0.5) is 17.6 Å². The highest BCUT2D eigenvalue weighted by molar-refractivity contribution is 7.91. The number of hydrogen-bond donors (Lipinski definition) is 0.